The van der Waals surface area contributed by atoms with E-state index in [2.05, 4.69) is 17.2 Å². The lowest BCUT2D eigenvalue weighted by Crippen LogP contribution is -2.45. The van der Waals surface area contributed by atoms with Gasteiger partial charge in [-0.1, -0.05) is 13.3 Å². The van der Waals surface area contributed by atoms with Gasteiger partial charge in [-0.2, -0.15) is 0 Å². The summed E-state index contributed by atoms with van der Waals surface area (Å²) in [5.74, 6) is 0.484. The molecule has 1 atom stereocenters. The number of nitrogens with two attached hydrogens (primary N) is 1. The van der Waals surface area contributed by atoms with Crippen molar-refractivity contribution in [2.24, 2.45) is 11.7 Å². The summed E-state index contributed by atoms with van der Waals surface area (Å²) in [6.07, 6.45) is 4.76. The Labute approximate surface area is 130 Å². The zero-order chi connectivity index (χ0) is 15.5. The van der Waals surface area contributed by atoms with Crippen molar-refractivity contribution in [1.82, 2.24) is 10.3 Å². The summed E-state index contributed by atoms with van der Waals surface area (Å²) < 4.78 is 0. The van der Waals surface area contributed by atoms with Crippen molar-refractivity contribution >= 4 is 17.2 Å². The number of aromatic nitrogens is 1. The van der Waals surface area contributed by atoms with Crippen molar-refractivity contribution in [3.63, 3.8) is 0 Å². The maximum absolute atomic E-state index is 12.1. The number of nitrogens with one attached hydrogen (secondary N) is 1. The molecule has 21 heavy (non-hydrogen) atoms. The summed E-state index contributed by atoms with van der Waals surface area (Å²) in [6.45, 7) is 4.33. The van der Waals surface area contributed by atoms with Gasteiger partial charge < -0.3 is 16.2 Å². The monoisotopic (exact) mass is 311 g/mol. The van der Waals surface area contributed by atoms with Crippen molar-refractivity contribution in [3.8, 4) is 0 Å². The van der Waals surface area contributed by atoms with Crippen LogP contribution >= 0.6 is 11.3 Å². The molecule has 1 aliphatic carbocycles. The second kappa shape index (κ2) is 6.85. The van der Waals surface area contributed by atoms with E-state index < -0.39 is 5.60 Å². The number of carbonyl (C=O) groups is 1. The average Bonchev–Trinajstić information content (AvgIpc) is 2.96. The Hall–Kier alpha value is -0.980. The SMILES string of the molecule is CCC1CCC(O)(CNC(=O)c2csc(C(C)N)n2)CC1. The van der Waals surface area contributed by atoms with E-state index in [1.807, 2.05) is 6.92 Å². The molecular weight excluding hydrogens is 286 g/mol. The van der Waals surface area contributed by atoms with Crippen LogP contribution in [-0.4, -0.2) is 28.1 Å². The van der Waals surface area contributed by atoms with Crippen LogP contribution in [0.4, 0.5) is 0 Å². The number of carbonyl (C=O) groups excluding carboxylic acids is 1. The van der Waals surface area contributed by atoms with Crippen molar-refractivity contribution in [3.05, 3.63) is 16.1 Å². The van der Waals surface area contributed by atoms with E-state index in [0.29, 0.717) is 18.2 Å². The van der Waals surface area contributed by atoms with Gasteiger partial charge in [-0.3, -0.25) is 4.79 Å². The van der Waals surface area contributed by atoms with Gasteiger partial charge in [0.25, 0.3) is 5.91 Å². The minimum absolute atomic E-state index is 0.162. The van der Waals surface area contributed by atoms with Gasteiger partial charge in [-0.05, 0) is 38.5 Å². The molecule has 1 aliphatic rings. The first kappa shape index (κ1) is 16.4. The number of hydrogen-bond acceptors (Lipinski definition) is 5. The highest BCUT2D eigenvalue weighted by molar-refractivity contribution is 7.09. The number of hydrogen-bond donors (Lipinski definition) is 3. The minimum Gasteiger partial charge on any atom is -0.388 e. The molecule has 118 valence electrons. The van der Waals surface area contributed by atoms with E-state index in [4.69, 9.17) is 5.73 Å². The van der Waals surface area contributed by atoms with Gasteiger partial charge in [0.05, 0.1) is 11.6 Å². The maximum atomic E-state index is 12.1. The summed E-state index contributed by atoms with van der Waals surface area (Å²) in [5.41, 5.74) is 5.37. The predicted octanol–water partition coefficient (Wildman–Crippen LogP) is 2.22. The van der Waals surface area contributed by atoms with Crippen LogP contribution in [-0.2, 0) is 0 Å². The van der Waals surface area contributed by atoms with Crippen LogP contribution in [0.1, 0.15) is 67.5 Å². The lowest BCUT2D eigenvalue weighted by Gasteiger charge is -2.35. The van der Waals surface area contributed by atoms with E-state index in [-0.39, 0.29) is 11.9 Å². The molecule has 2 rings (SSSR count). The van der Waals surface area contributed by atoms with Gasteiger partial charge in [-0.15, -0.1) is 11.3 Å². The summed E-state index contributed by atoms with van der Waals surface area (Å²) in [7, 11) is 0. The Morgan fingerprint density at radius 2 is 2.29 bits per heavy atom. The first-order chi connectivity index (χ1) is 9.93. The lowest BCUT2D eigenvalue weighted by atomic mass is 9.78. The predicted molar refractivity (Wildman–Crippen MR) is 84.2 cm³/mol. The Kier molecular flexibility index (Phi) is 5.35. The molecule has 0 saturated heterocycles. The molecule has 1 aromatic heterocycles. The van der Waals surface area contributed by atoms with E-state index >= 15 is 0 Å². The molecule has 1 unspecified atom stereocenters. The first-order valence-corrected chi connectivity index (χ1v) is 8.53. The quantitative estimate of drug-likeness (QED) is 0.778. The zero-order valence-electron chi connectivity index (χ0n) is 12.8. The number of rotatable bonds is 5. The summed E-state index contributed by atoms with van der Waals surface area (Å²) in [5, 5.41) is 15.8. The molecular formula is C15H25N3O2S. The van der Waals surface area contributed by atoms with Crippen LogP contribution in [0.2, 0.25) is 0 Å². The Balaban J connectivity index is 1.86. The Morgan fingerprint density at radius 1 is 1.62 bits per heavy atom. The van der Waals surface area contributed by atoms with E-state index in [9.17, 15) is 9.90 Å². The maximum Gasteiger partial charge on any atom is 0.270 e. The fourth-order valence-electron chi connectivity index (χ4n) is 2.74. The molecule has 1 heterocycles. The fraction of sp³-hybridized carbons (Fsp3) is 0.733. The topological polar surface area (TPSA) is 88.2 Å². The van der Waals surface area contributed by atoms with Gasteiger partial charge in [-0.25, -0.2) is 4.98 Å². The largest absolute Gasteiger partial charge is 0.388 e. The van der Waals surface area contributed by atoms with Crippen LogP contribution < -0.4 is 11.1 Å². The van der Waals surface area contributed by atoms with Crippen LogP contribution in [0.25, 0.3) is 0 Å². The van der Waals surface area contributed by atoms with Gasteiger partial charge in [0, 0.05) is 11.9 Å². The molecule has 1 saturated carbocycles. The first-order valence-electron chi connectivity index (χ1n) is 7.65. The van der Waals surface area contributed by atoms with Crippen LogP contribution in [0, 0.1) is 5.92 Å². The highest BCUT2D eigenvalue weighted by Gasteiger charge is 2.33. The van der Waals surface area contributed by atoms with E-state index in [0.717, 1.165) is 30.7 Å². The lowest BCUT2D eigenvalue weighted by molar-refractivity contribution is -0.00789. The Morgan fingerprint density at radius 3 is 2.81 bits per heavy atom. The summed E-state index contributed by atoms with van der Waals surface area (Å²) >= 11 is 1.39. The molecule has 4 N–H and O–H groups in total. The number of aliphatic hydroxyl groups is 1. The van der Waals surface area contributed by atoms with Gasteiger partial charge in [0.1, 0.15) is 10.7 Å². The highest BCUT2D eigenvalue weighted by Crippen LogP contribution is 2.33. The van der Waals surface area contributed by atoms with Crippen molar-refractivity contribution < 1.29 is 9.90 Å². The fourth-order valence-corrected chi connectivity index (χ4v) is 3.49. The normalized spacial score (nSPS) is 27.3. The van der Waals surface area contributed by atoms with E-state index in [1.165, 1.54) is 17.8 Å². The third-order valence-electron chi connectivity index (χ3n) is 4.34. The second-order valence-electron chi connectivity index (χ2n) is 6.12. The Bertz CT molecular complexity index is 479. The van der Waals surface area contributed by atoms with Crippen LogP contribution in [0.15, 0.2) is 5.38 Å². The molecule has 1 aromatic rings. The smallest absolute Gasteiger partial charge is 0.270 e. The van der Waals surface area contributed by atoms with Crippen molar-refractivity contribution in [2.75, 3.05) is 6.54 Å². The summed E-state index contributed by atoms with van der Waals surface area (Å²) in [4.78, 5) is 16.3. The molecule has 5 nitrogen and oxygen atoms in total. The molecule has 0 radical (unpaired) electrons. The van der Waals surface area contributed by atoms with Gasteiger partial charge in [0.2, 0.25) is 0 Å². The van der Waals surface area contributed by atoms with Gasteiger partial charge >= 0.3 is 0 Å². The van der Waals surface area contributed by atoms with Crippen molar-refractivity contribution in [1.29, 1.82) is 0 Å². The molecule has 0 aromatic carbocycles. The molecule has 0 aliphatic heterocycles. The molecule has 0 spiro atoms. The number of amides is 1. The highest BCUT2D eigenvalue weighted by atomic mass is 32.1. The third-order valence-corrected chi connectivity index (χ3v) is 5.38. The minimum atomic E-state index is -0.763. The zero-order valence-corrected chi connectivity index (χ0v) is 13.6. The average molecular weight is 311 g/mol. The molecule has 6 heteroatoms. The number of thiazole rings is 1. The summed E-state index contributed by atoms with van der Waals surface area (Å²) in [6, 6.07) is -0.162. The molecule has 0 bridgehead atoms. The van der Waals surface area contributed by atoms with Gasteiger partial charge in [0.15, 0.2) is 0 Å². The van der Waals surface area contributed by atoms with Crippen LogP contribution in [0.5, 0.6) is 0 Å². The van der Waals surface area contributed by atoms with E-state index in [1.54, 1.807) is 5.38 Å². The molecule has 1 fully saturated rings. The van der Waals surface area contributed by atoms with Crippen LogP contribution in [0.3, 0.4) is 0 Å². The molecule has 1 amide bonds. The third kappa shape index (κ3) is 4.25. The van der Waals surface area contributed by atoms with Crippen molar-refractivity contribution in [2.45, 2.75) is 57.6 Å². The number of nitrogens with zero attached hydrogens (tertiary/aromatic N) is 1. The standard InChI is InChI=1S/C15H25N3O2S/c1-3-11-4-6-15(20,7-5-11)9-17-13(19)12-8-21-14(18-12)10(2)16/h8,10-11,20H,3-7,9,16H2,1-2H3,(H,17,19). The second-order valence-corrected chi connectivity index (χ2v) is 7.01.